The maximum atomic E-state index is 12.5. The topological polar surface area (TPSA) is 98.9 Å². The maximum Gasteiger partial charge on any atom is 0.247 e. The molecule has 1 atom stereocenters. The Labute approximate surface area is 201 Å². The molecule has 3 aromatic rings. The van der Waals surface area contributed by atoms with Crippen molar-refractivity contribution in [2.45, 2.75) is 39.9 Å². The van der Waals surface area contributed by atoms with Gasteiger partial charge < -0.3 is 15.5 Å². The number of likely N-dealkylation sites (N-methyl/N-ethyl adjacent to an activating group) is 1. The van der Waals surface area contributed by atoms with Gasteiger partial charge in [-0.05, 0) is 24.5 Å². The normalized spacial score (nSPS) is 14.8. The van der Waals surface area contributed by atoms with Crippen LogP contribution in [0, 0.1) is 24.2 Å². The summed E-state index contributed by atoms with van der Waals surface area (Å²) in [4.78, 5) is 19.2. The third-order valence-electron chi connectivity index (χ3n) is 5.76. The first kappa shape index (κ1) is 24.1. The average molecular weight is 464 g/mol. The van der Waals surface area contributed by atoms with Crippen molar-refractivity contribution in [3.63, 3.8) is 0 Å². The first-order valence-electron chi connectivity index (χ1n) is 10.7. The lowest BCUT2D eigenvalue weighted by atomic mass is 9.98. The molecule has 8 nitrogen and oxygen atoms in total. The fourth-order valence-electron chi connectivity index (χ4n) is 4.17. The van der Waals surface area contributed by atoms with Crippen molar-refractivity contribution in [2.75, 3.05) is 22.6 Å². The summed E-state index contributed by atoms with van der Waals surface area (Å²) in [5, 5.41) is 20.1. The van der Waals surface area contributed by atoms with E-state index in [4.69, 9.17) is 0 Å². The van der Waals surface area contributed by atoms with E-state index in [0.29, 0.717) is 18.7 Å². The van der Waals surface area contributed by atoms with E-state index in [1.54, 1.807) is 0 Å². The molecular weight excluding hydrogens is 434 g/mol. The number of carbonyl (C=O) groups excluding carboxylic acids is 1. The van der Waals surface area contributed by atoms with Gasteiger partial charge in [-0.1, -0.05) is 32.0 Å². The molecule has 1 aliphatic rings. The number of nitrogens with one attached hydrogen (secondary N) is 2. The summed E-state index contributed by atoms with van der Waals surface area (Å²) >= 11 is 0. The lowest BCUT2D eigenvalue weighted by Gasteiger charge is -2.38. The van der Waals surface area contributed by atoms with E-state index in [2.05, 4.69) is 26.8 Å². The molecule has 0 unspecified atom stereocenters. The predicted molar refractivity (Wildman–Crippen MR) is 135 cm³/mol. The standard InChI is InChI=1S/C24H27N7O.H2S/c1-15(2)23-24(32)29-22-16(3)28-21(9-20(22)30(23)4)26-11-17-12-27-31(13-17)14-19-8-6-5-7-18(19)10-25;/h5-9,12-13,15,23H,11,14H2,1-4H3,(H,26,28)(H,29,32);1H2/t23-;/m0./s1. The fraction of sp³-hybridized carbons (Fsp3) is 0.333. The third kappa shape index (κ3) is 4.96. The van der Waals surface area contributed by atoms with E-state index in [1.807, 2.05) is 80.1 Å². The molecule has 1 aromatic carbocycles. The molecule has 9 heteroatoms. The van der Waals surface area contributed by atoms with Crippen LogP contribution < -0.4 is 15.5 Å². The molecule has 0 bridgehead atoms. The summed E-state index contributed by atoms with van der Waals surface area (Å²) in [5.74, 6) is 0.940. The third-order valence-corrected chi connectivity index (χ3v) is 5.76. The Morgan fingerprint density at radius 2 is 2.06 bits per heavy atom. The molecular formula is C24H29N7OS. The van der Waals surface area contributed by atoms with E-state index >= 15 is 0 Å². The van der Waals surface area contributed by atoms with Gasteiger partial charge in [0.1, 0.15) is 11.9 Å². The van der Waals surface area contributed by atoms with Gasteiger partial charge in [0.15, 0.2) is 0 Å². The number of nitriles is 1. The van der Waals surface area contributed by atoms with Crippen molar-refractivity contribution in [2.24, 2.45) is 5.92 Å². The van der Waals surface area contributed by atoms with Gasteiger partial charge in [0.05, 0.1) is 41.4 Å². The molecule has 0 saturated heterocycles. The van der Waals surface area contributed by atoms with Gasteiger partial charge in [-0.15, -0.1) is 0 Å². The van der Waals surface area contributed by atoms with E-state index in [-0.39, 0.29) is 31.4 Å². The van der Waals surface area contributed by atoms with Crippen LogP contribution in [0.25, 0.3) is 0 Å². The molecule has 3 heterocycles. The number of pyridine rings is 1. The molecule has 1 aliphatic heterocycles. The number of anilines is 3. The van der Waals surface area contributed by atoms with E-state index in [0.717, 1.165) is 34.0 Å². The van der Waals surface area contributed by atoms with Gasteiger partial charge in [-0.25, -0.2) is 4.98 Å². The van der Waals surface area contributed by atoms with Crippen molar-refractivity contribution < 1.29 is 4.79 Å². The van der Waals surface area contributed by atoms with Crippen LogP contribution in [0.4, 0.5) is 17.2 Å². The van der Waals surface area contributed by atoms with Crippen molar-refractivity contribution in [3.05, 3.63) is 65.1 Å². The van der Waals surface area contributed by atoms with Crippen LogP contribution in [0.15, 0.2) is 42.7 Å². The number of hydrogen-bond donors (Lipinski definition) is 2. The Morgan fingerprint density at radius 1 is 1.30 bits per heavy atom. The van der Waals surface area contributed by atoms with Crippen LogP contribution in [-0.2, 0) is 17.9 Å². The highest BCUT2D eigenvalue weighted by atomic mass is 32.1. The molecule has 0 fully saturated rings. The summed E-state index contributed by atoms with van der Waals surface area (Å²) < 4.78 is 1.83. The first-order valence-corrected chi connectivity index (χ1v) is 10.7. The second-order valence-electron chi connectivity index (χ2n) is 8.44. The second-order valence-corrected chi connectivity index (χ2v) is 8.44. The summed E-state index contributed by atoms with van der Waals surface area (Å²) in [5.41, 5.74) is 5.11. The van der Waals surface area contributed by atoms with Crippen LogP contribution >= 0.6 is 13.5 Å². The highest BCUT2D eigenvalue weighted by Crippen LogP contribution is 2.36. The molecule has 172 valence electrons. The van der Waals surface area contributed by atoms with E-state index in [9.17, 15) is 10.1 Å². The summed E-state index contributed by atoms with van der Waals surface area (Å²) in [6.45, 7) is 7.10. The zero-order valence-electron chi connectivity index (χ0n) is 19.3. The number of nitrogens with zero attached hydrogens (tertiary/aromatic N) is 5. The highest BCUT2D eigenvalue weighted by molar-refractivity contribution is 7.59. The number of aromatic nitrogens is 3. The number of amides is 1. The Hall–Kier alpha value is -3.51. The summed E-state index contributed by atoms with van der Waals surface area (Å²) in [6, 6.07) is 11.5. The number of aryl methyl sites for hydroxylation is 1. The van der Waals surface area contributed by atoms with Crippen molar-refractivity contribution >= 4 is 36.6 Å². The smallest absolute Gasteiger partial charge is 0.247 e. The summed E-state index contributed by atoms with van der Waals surface area (Å²) in [6.07, 6.45) is 3.78. The second kappa shape index (κ2) is 9.96. The van der Waals surface area contributed by atoms with Gasteiger partial charge in [0, 0.05) is 31.4 Å². The van der Waals surface area contributed by atoms with Crippen molar-refractivity contribution in [1.29, 1.82) is 5.26 Å². The van der Waals surface area contributed by atoms with E-state index < -0.39 is 0 Å². The lowest BCUT2D eigenvalue weighted by molar-refractivity contribution is -0.118. The molecule has 4 rings (SSSR count). The monoisotopic (exact) mass is 463 g/mol. The van der Waals surface area contributed by atoms with Gasteiger partial charge in [-0.2, -0.15) is 23.9 Å². The fourth-order valence-corrected chi connectivity index (χ4v) is 4.17. The molecule has 2 aromatic heterocycles. The maximum absolute atomic E-state index is 12.5. The number of fused-ring (bicyclic) bond motifs is 1. The molecule has 0 saturated carbocycles. The zero-order chi connectivity index (χ0) is 22.8. The van der Waals surface area contributed by atoms with Gasteiger partial charge in [0.25, 0.3) is 0 Å². The molecule has 33 heavy (non-hydrogen) atoms. The van der Waals surface area contributed by atoms with Crippen LogP contribution in [0.2, 0.25) is 0 Å². The molecule has 0 radical (unpaired) electrons. The Bertz CT molecular complexity index is 1200. The van der Waals surface area contributed by atoms with Gasteiger partial charge >= 0.3 is 0 Å². The zero-order valence-corrected chi connectivity index (χ0v) is 20.3. The van der Waals surface area contributed by atoms with E-state index in [1.165, 1.54) is 0 Å². The average Bonchev–Trinajstić information content (AvgIpc) is 3.20. The minimum absolute atomic E-state index is 0. The van der Waals surface area contributed by atoms with Gasteiger partial charge in [-0.3, -0.25) is 9.48 Å². The van der Waals surface area contributed by atoms with Crippen LogP contribution in [0.5, 0.6) is 0 Å². The number of hydrogen-bond acceptors (Lipinski definition) is 6. The van der Waals surface area contributed by atoms with Crippen LogP contribution in [0.1, 0.15) is 36.2 Å². The Morgan fingerprint density at radius 3 is 2.79 bits per heavy atom. The van der Waals surface area contributed by atoms with Gasteiger partial charge in [0.2, 0.25) is 5.91 Å². The predicted octanol–water partition coefficient (Wildman–Crippen LogP) is 3.64. The lowest BCUT2D eigenvalue weighted by Crippen LogP contribution is -2.49. The minimum Gasteiger partial charge on any atom is -0.366 e. The summed E-state index contributed by atoms with van der Waals surface area (Å²) in [7, 11) is 1.95. The minimum atomic E-state index is -0.216. The van der Waals surface area contributed by atoms with Crippen molar-refractivity contribution in [1.82, 2.24) is 14.8 Å². The Balaban J connectivity index is 0.00000306. The number of rotatable bonds is 6. The van der Waals surface area contributed by atoms with Crippen LogP contribution in [-0.4, -0.2) is 33.8 Å². The Kier molecular flexibility index (Phi) is 7.29. The SMILES string of the molecule is Cc1nc(NCc2cnn(Cc3ccccc3C#N)c2)cc2c1NC(=O)[C@H](C(C)C)N2C.S. The molecule has 2 N–H and O–H groups in total. The van der Waals surface area contributed by atoms with Crippen LogP contribution in [0.3, 0.4) is 0 Å². The highest BCUT2D eigenvalue weighted by Gasteiger charge is 2.34. The molecule has 1 amide bonds. The van der Waals surface area contributed by atoms with Crippen molar-refractivity contribution in [3.8, 4) is 6.07 Å². The molecule has 0 aliphatic carbocycles. The first-order chi connectivity index (χ1) is 15.4. The molecule has 0 spiro atoms. The number of benzene rings is 1. The largest absolute Gasteiger partial charge is 0.366 e. The number of carbonyl (C=O) groups is 1. The quantitative estimate of drug-likeness (QED) is 0.579.